The SMILES string of the molecule is CCNC(=O)CN(CC)c1c(C#N)c(C)nn1C. The molecule has 0 spiro atoms. The Morgan fingerprint density at radius 3 is 2.72 bits per heavy atom. The summed E-state index contributed by atoms with van der Waals surface area (Å²) in [7, 11) is 1.78. The van der Waals surface area contributed by atoms with Gasteiger partial charge >= 0.3 is 0 Å². The smallest absolute Gasteiger partial charge is 0.239 e. The van der Waals surface area contributed by atoms with Gasteiger partial charge in [-0.2, -0.15) is 10.4 Å². The number of anilines is 1. The molecule has 1 amide bonds. The summed E-state index contributed by atoms with van der Waals surface area (Å²) in [6.07, 6.45) is 0. The third-order valence-corrected chi connectivity index (χ3v) is 2.69. The lowest BCUT2D eigenvalue weighted by Gasteiger charge is -2.22. The Kier molecular flexibility index (Phi) is 4.72. The average molecular weight is 249 g/mol. The fourth-order valence-corrected chi connectivity index (χ4v) is 1.90. The first-order valence-corrected chi connectivity index (χ1v) is 6.00. The highest BCUT2D eigenvalue weighted by Gasteiger charge is 2.19. The molecule has 0 atom stereocenters. The van der Waals surface area contributed by atoms with Gasteiger partial charge in [0.25, 0.3) is 0 Å². The molecule has 0 aromatic carbocycles. The Morgan fingerprint density at radius 2 is 2.22 bits per heavy atom. The fourth-order valence-electron chi connectivity index (χ4n) is 1.90. The van der Waals surface area contributed by atoms with Crippen LogP contribution in [-0.4, -0.2) is 35.3 Å². The Labute approximate surface area is 107 Å². The van der Waals surface area contributed by atoms with Crippen LogP contribution in [0.1, 0.15) is 25.1 Å². The van der Waals surface area contributed by atoms with Gasteiger partial charge in [-0.3, -0.25) is 9.48 Å². The molecule has 0 unspecified atom stereocenters. The van der Waals surface area contributed by atoms with E-state index in [4.69, 9.17) is 5.26 Å². The van der Waals surface area contributed by atoms with E-state index in [-0.39, 0.29) is 12.5 Å². The second kappa shape index (κ2) is 6.05. The van der Waals surface area contributed by atoms with Crippen LogP contribution in [0.2, 0.25) is 0 Å². The number of hydrogen-bond acceptors (Lipinski definition) is 4. The van der Waals surface area contributed by atoms with E-state index in [9.17, 15) is 4.79 Å². The Balaban J connectivity index is 3.02. The van der Waals surface area contributed by atoms with E-state index in [0.29, 0.717) is 30.2 Å². The van der Waals surface area contributed by atoms with Crippen molar-refractivity contribution in [2.75, 3.05) is 24.5 Å². The van der Waals surface area contributed by atoms with Gasteiger partial charge in [0, 0.05) is 20.1 Å². The van der Waals surface area contributed by atoms with Crippen LogP contribution >= 0.6 is 0 Å². The monoisotopic (exact) mass is 249 g/mol. The van der Waals surface area contributed by atoms with Gasteiger partial charge in [0.15, 0.2) is 0 Å². The van der Waals surface area contributed by atoms with Crippen LogP contribution in [0.15, 0.2) is 0 Å². The fraction of sp³-hybridized carbons (Fsp3) is 0.583. The Morgan fingerprint density at radius 1 is 1.56 bits per heavy atom. The molecule has 0 saturated heterocycles. The molecule has 1 aromatic rings. The van der Waals surface area contributed by atoms with E-state index >= 15 is 0 Å². The third kappa shape index (κ3) is 2.80. The lowest BCUT2D eigenvalue weighted by molar-refractivity contribution is -0.119. The number of likely N-dealkylation sites (N-methyl/N-ethyl adjacent to an activating group) is 2. The van der Waals surface area contributed by atoms with E-state index in [1.807, 2.05) is 18.7 Å². The molecule has 1 N–H and O–H groups in total. The number of nitrogens with one attached hydrogen (secondary N) is 1. The Hall–Kier alpha value is -2.03. The maximum atomic E-state index is 11.6. The number of carbonyl (C=O) groups is 1. The highest BCUT2D eigenvalue weighted by Crippen LogP contribution is 2.21. The molecule has 0 aliphatic carbocycles. The Bertz CT molecular complexity index is 472. The van der Waals surface area contributed by atoms with Crippen molar-refractivity contribution in [1.29, 1.82) is 5.26 Å². The molecule has 0 fully saturated rings. The van der Waals surface area contributed by atoms with E-state index < -0.39 is 0 Å². The van der Waals surface area contributed by atoms with Gasteiger partial charge in [-0.25, -0.2) is 0 Å². The van der Waals surface area contributed by atoms with Gasteiger partial charge in [0.2, 0.25) is 5.91 Å². The van der Waals surface area contributed by atoms with Gasteiger partial charge in [-0.15, -0.1) is 0 Å². The zero-order chi connectivity index (χ0) is 13.7. The summed E-state index contributed by atoms with van der Waals surface area (Å²) in [5, 5.41) is 16.1. The average Bonchev–Trinajstić information content (AvgIpc) is 2.61. The quantitative estimate of drug-likeness (QED) is 0.827. The maximum absolute atomic E-state index is 11.6. The molecule has 1 rings (SSSR count). The summed E-state index contributed by atoms with van der Waals surface area (Å²) in [6.45, 7) is 7.10. The molecule has 1 heterocycles. The van der Waals surface area contributed by atoms with Crippen molar-refractivity contribution in [3.8, 4) is 6.07 Å². The number of nitrogens with zero attached hydrogens (tertiary/aromatic N) is 4. The maximum Gasteiger partial charge on any atom is 0.239 e. The van der Waals surface area contributed by atoms with Gasteiger partial charge < -0.3 is 10.2 Å². The van der Waals surface area contributed by atoms with Gasteiger partial charge in [-0.1, -0.05) is 0 Å². The topological polar surface area (TPSA) is 74.0 Å². The van der Waals surface area contributed by atoms with Crippen LogP contribution in [0.4, 0.5) is 5.82 Å². The molecule has 6 heteroatoms. The molecule has 0 saturated carbocycles. The predicted molar refractivity (Wildman–Crippen MR) is 69.2 cm³/mol. The largest absolute Gasteiger partial charge is 0.355 e. The molecule has 1 aromatic heterocycles. The van der Waals surface area contributed by atoms with Crippen molar-refractivity contribution in [3.05, 3.63) is 11.3 Å². The van der Waals surface area contributed by atoms with Crippen molar-refractivity contribution in [2.45, 2.75) is 20.8 Å². The van der Waals surface area contributed by atoms with Crippen molar-refractivity contribution in [2.24, 2.45) is 7.05 Å². The number of aromatic nitrogens is 2. The molecular formula is C12H19N5O. The number of rotatable bonds is 5. The second-order valence-electron chi connectivity index (χ2n) is 3.99. The van der Waals surface area contributed by atoms with E-state index in [0.717, 1.165) is 0 Å². The number of carbonyl (C=O) groups excluding carboxylic acids is 1. The summed E-state index contributed by atoms with van der Waals surface area (Å²) >= 11 is 0. The molecule has 0 bridgehead atoms. The van der Waals surface area contributed by atoms with Gasteiger partial charge in [0.1, 0.15) is 17.5 Å². The molecule has 18 heavy (non-hydrogen) atoms. The minimum absolute atomic E-state index is 0.0536. The molecule has 6 nitrogen and oxygen atoms in total. The number of aryl methyl sites for hydroxylation is 2. The normalized spacial score (nSPS) is 9.94. The molecular weight excluding hydrogens is 230 g/mol. The molecule has 0 radical (unpaired) electrons. The van der Waals surface area contributed by atoms with Crippen LogP contribution in [0.5, 0.6) is 0 Å². The second-order valence-corrected chi connectivity index (χ2v) is 3.99. The van der Waals surface area contributed by atoms with Crippen molar-refractivity contribution < 1.29 is 4.79 Å². The van der Waals surface area contributed by atoms with Crippen LogP contribution in [-0.2, 0) is 11.8 Å². The highest BCUT2D eigenvalue weighted by atomic mass is 16.2. The first kappa shape index (κ1) is 14.0. The molecule has 0 aliphatic rings. The predicted octanol–water partition coefficient (Wildman–Crippen LogP) is 0.563. The minimum Gasteiger partial charge on any atom is -0.355 e. The van der Waals surface area contributed by atoms with Crippen LogP contribution < -0.4 is 10.2 Å². The van der Waals surface area contributed by atoms with Crippen LogP contribution in [0.25, 0.3) is 0 Å². The van der Waals surface area contributed by atoms with E-state index in [1.165, 1.54) is 0 Å². The number of nitriles is 1. The summed E-state index contributed by atoms with van der Waals surface area (Å²) in [6, 6.07) is 2.15. The molecule has 98 valence electrons. The van der Waals surface area contributed by atoms with E-state index in [1.54, 1.807) is 18.7 Å². The summed E-state index contributed by atoms with van der Waals surface area (Å²) in [5.41, 5.74) is 1.22. The van der Waals surface area contributed by atoms with Crippen molar-refractivity contribution in [1.82, 2.24) is 15.1 Å². The molecule has 0 aliphatic heterocycles. The minimum atomic E-state index is -0.0536. The first-order chi connectivity index (χ1) is 8.54. The van der Waals surface area contributed by atoms with Crippen LogP contribution in [0.3, 0.4) is 0 Å². The van der Waals surface area contributed by atoms with Crippen molar-refractivity contribution >= 4 is 11.7 Å². The van der Waals surface area contributed by atoms with Crippen LogP contribution in [0, 0.1) is 18.3 Å². The summed E-state index contributed by atoms with van der Waals surface area (Å²) < 4.78 is 1.65. The first-order valence-electron chi connectivity index (χ1n) is 6.00. The zero-order valence-electron chi connectivity index (χ0n) is 11.3. The summed E-state index contributed by atoms with van der Waals surface area (Å²) in [5.74, 6) is 0.644. The third-order valence-electron chi connectivity index (χ3n) is 2.69. The zero-order valence-corrected chi connectivity index (χ0v) is 11.3. The number of hydrogen-bond donors (Lipinski definition) is 1. The number of amides is 1. The highest BCUT2D eigenvalue weighted by molar-refractivity contribution is 5.81. The van der Waals surface area contributed by atoms with E-state index in [2.05, 4.69) is 16.5 Å². The lowest BCUT2D eigenvalue weighted by Crippen LogP contribution is -2.38. The lowest BCUT2D eigenvalue weighted by atomic mass is 10.2. The van der Waals surface area contributed by atoms with Gasteiger partial charge in [0.05, 0.1) is 12.2 Å². The van der Waals surface area contributed by atoms with Gasteiger partial charge in [-0.05, 0) is 20.8 Å². The standard InChI is InChI=1S/C12H19N5O/c1-5-14-11(18)8-17(6-2)12-10(7-13)9(3)15-16(12)4/h5-6,8H2,1-4H3,(H,14,18). The summed E-state index contributed by atoms with van der Waals surface area (Å²) in [4.78, 5) is 13.5. The van der Waals surface area contributed by atoms with Crippen molar-refractivity contribution in [3.63, 3.8) is 0 Å².